The summed E-state index contributed by atoms with van der Waals surface area (Å²) in [4.78, 5) is 25.0. The smallest absolute Gasteiger partial charge is 0.344 e. The number of benzene rings is 2. The van der Waals surface area contributed by atoms with Crippen LogP contribution >= 0.6 is 0 Å². The van der Waals surface area contributed by atoms with Crippen molar-refractivity contribution in [1.82, 2.24) is 0 Å². The molecule has 1 unspecified atom stereocenters. The molecule has 5 heteroatoms. The molecule has 0 amide bonds. The monoisotopic (exact) mass is 338 g/mol. The van der Waals surface area contributed by atoms with Crippen molar-refractivity contribution in [2.75, 3.05) is 0 Å². The minimum Gasteiger partial charge on any atom is -0.507 e. The summed E-state index contributed by atoms with van der Waals surface area (Å²) in [5.41, 5.74) is -2.09. The molecule has 5 nitrogen and oxygen atoms in total. The fraction of sp³-hybridized carbons (Fsp3) is 0.200. The summed E-state index contributed by atoms with van der Waals surface area (Å²) in [5.74, 6) is -1.54. The SMILES string of the molecule is CCCC(C(=O)O)(c1ccccc1)c1c(O)c2ccccc2oc1=O. The highest BCUT2D eigenvalue weighted by atomic mass is 16.4. The Morgan fingerprint density at radius 3 is 2.36 bits per heavy atom. The molecule has 128 valence electrons. The Kier molecular flexibility index (Phi) is 4.31. The van der Waals surface area contributed by atoms with Crippen molar-refractivity contribution >= 4 is 16.9 Å². The summed E-state index contributed by atoms with van der Waals surface area (Å²) < 4.78 is 5.32. The average Bonchev–Trinajstić information content (AvgIpc) is 2.61. The van der Waals surface area contributed by atoms with E-state index < -0.39 is 17.0 Å². The van der Waals surface area contributed by atoms with Crippen LogP contribution in [0.3, 0.4) is 0 Å². The highest BCUT2D eigenvalue weighted by Gasteiger charge is 2.46. The summed E-state index contributed by atoms with van der Waals surface area (Å²) in [7, 11) is 0. The third-order valence-electron chi connectivity index (χ3n) is 4.47. The molecule has 0 radical (unpaired) electrons. The molecule has 1 heterocycles. The summed E-state index contributed by atoms with van der Waals surface area (Å²) in [5, 5.41) is 21.2. The van der Waals surface area contributed by atoms with E-state index in [2.05, 4.69) is 0 Å². The first kappa shape index (κ1) is 16.8. The third kappa shape index (κ3) is 2.58. The molecular formula is C20H18O5. The molecule has 0 saturated heterocycles. The van der Waals surface area contributed by atoms with E-state index in [1.807, 2.05) is 6.92 Å². The first-order chi connectivity index (χ1) is 12.0. The zero-order chi connectivity index (χ0) is 18.0. The van der Waals surface area contributed by atoms with Crippen LogP contribution < -0.4 is 5.63 Å². The minimum atomic E-state index is -1.68. The van der Waals surface area contributed by atoms with Crippen molar-refractivity contribution in [2.45, 2.75) is 25.2 Å². The lowest BCUT2D eigenvalue weighted by Crippen LogP contribution is -2.41. The summed E-state index contributed by atoms with van der Waals surface area (Å²) >= 11 is 0. The fourth-order valence-corrected chi connectivity index (χ4v) is 3.36. The van der Waals surface area contributed by atoms with Gasteiger partial charge in [-0.1, -0.05) is 55.8 Å². The van der Waals surface area contributed by atoms with Gasteiger partial charge in [0.05, 0.1) is 5.39 Å². The average molecular weight is 338 g/mol. The van der Waals surface area contributed by atoms with Crippen molar-refractivity contribution in [3.63, 3.8) is 0 Å². The lowest BCUT2D eigenvalue weighted by molar-refractivity contribution is -0.142. The Morgan fingerprint density at radius 2 is 1.72 bits per heavy atom. The van der Waals surface area contributed by atoms with Crippen molar-refractivity contribution in [3.05, 3.63) is 76.1 Å². The molecule has 0 saturated carbocycles. The van der Waals surface area contributed by atoms with Gasteiger partial charge >= 0.3 is 11.6 Å². The van der Waals surface area contributed by atoms with Gasteiger partial charge in [-0.3, -0.25) is 4.79 Å². The summed E-state index contributed by atoms with van der Waals surface area (Å²) in [6.45, 7) is 1.83. The second kappa shape index (κ2) is 6.43. The maximum absolute atomic E-state index is 12.7. The Hall–Kier alpha value is -3.08. The first-order valence-corrected chi connectivity index (χ1v) is 8.06. The van der Waals surface area contributed by atoms with Gasteiger partial charge in [0.1, 0.15) is 22.3 Å². The topological polar surface area (TPSA) is 87.7 Å². The molecule has 0 aliphatic rings. The number of carboxylic acid groups (broad SMARTS) is 1. The van der Waals surface area contributed by atoms with Crippen LogP contribution in [-0.2, 0) is 10.2 Å². The van der Waals surface area contributed by atoms with Gasteiger partial charge in [0, 0.05) is 0 Å². The molecule has 1 aromatic heterocycles. The van der Waals surface area contributed by atoms with Crippen LogP contribution in [0.1, 0.15) is 30.9 Å². The maximum atomic E-state index is 12.7. The molecule has 1 atom stereocenters. The molecule has 2 N–H and O–H groups in total. The number of carbonyl (C=O) groups is 1. The third-order valence-corrected chi connectivity index (χ3v) is 4.47. The molecule has 0 aliphatic carbocycles. The Labute approximate surface area is 144 Å². The lowest BCUT2D eigenvalue weighted by Gasteiger charge is -2.30. The number of hydrogen-bond acceptors (Lipinski definition) is 4. The number of fused-ring (bicyclic) bond motifs is 1. The maximum Gasteiger partial charge on any atom is 0.344 e. The van der Waals surface area contributed by atoms with E-state index in [0.717, 1.165) is 0 Å². The largest absolute Gasteiger partial charge is 0.507 e. The first-order valence-electron chi connectivity index (χ1n) is 8.06. The van der Waals surface area contributed by atoms with Crippen molar-refractivity contribution in [1.29, 1.82) is 0 Å². The van der Waals surface area contributed by atoms with Gasteiger partial charge in [-0.2, -0.15) is 0 Å². The van der Waals surface area contributed by atoms with E-state index in [0.29, 0.717) is 17.4 Å². The van der Waals surface area contributed by atoms with Gasteiger partial charge in [0.2, 0.25) is 0 Å². The molecule has 0 fully saturated rings. The molecule has 2 aromatic carbocycles. The molecule has 0 bridgehead atoms. The second-order valence-electron chi connectivity index (χ2n) is 5.94. The van der Waals surface area contributed by atoms with Crippen LogP contribution in [0.15, 0.2) is 63.8 Å². The van der Waals surface area contributed by atoms with Gasteiger partial charge < -0.3 is 14.6 Å². The van der Waals surface area contributed by atoms with Crippen molar-refractivity contribution < 1.29 is 19.4 Å². The van der Waals surface area contributed by atoms with E-state index in [9.17, 15) is 19.8 Å². The number of aromatic hydroxyl groups is 1. The van der Waals surface area contributed by atoms with Crippen molar-refractivity contribution in [3.8, 4) is 5.75 Å². The molecule has 3 aromatic rings. The summed E-state index contributed by atoms with van der Waals surface area (Å²) in [6, 6.07) is 15.0. The molecular weight excluding hydrogens is 320 g/mol. The van der Waals surface area contributed by atoms with Crippen molar-refractivity contribution in [2.24, 2.45) is 0 Å². The number of para-hydroxylation sites is 1. The van der Waals surface area contributed by atoms with E-state index in [1.54, 1.807) is 54.6 Å². The lowest BCUT2D eigenvalue weighted by atomic mass is 9.71. The van der Waals surface area contributed by atoms with E-state index >= 15 is 0 Å². The molecule has 0 aliphatic heterocycles. The minimum absolute atomic E-state index is 0.156. The quantitative estimate of drug-likeness (QED) is 0.693. The number of aliphatic carboxylic acids is 1. The Bertz CT molecular complexity index is 974. The van der Waals surface area contributed by atoms with Crippen LogP contribution in [0.4, 0.5) is 0 Å². The van der Waals surface area contributed by atoms with E-state index in [1.165, 1.54) is 0 Å². The van der Waals surface area contributed by atoms with E-state index in [-0.39, 0.29) is 23.3 Å². The zero-order valence-corrected chi connectivity index (χ0v) is 13.7. The normalized spacial score (nSPS) is 13.5. The van der Waals surface area contributed by atoms with Crippen LogP contribution in [0.2, 0.25) is 0 Å². The summed E-state index contributed by atoms with van der Waals surface area (Å²) in [6.07, 6.45) is 0.663. The van der Waals surface area contributed by atoms with Gasteiger partial charge in [0.15, 0.2) is 0 Å². The fourth-order valence-electron chi connectivity index (χ4n) is 3.36. The van der Waals surface area contributed by atoms with Gasteiger partial charge in [-0.15, -0.1) is 0 Å². The molecule has 3 rings (SSSR count). The second-order valence-corrected chi connectivity index (χ2v) is 5.94. The van der Waals surface area contributed by atoms with Crippen LogP contribution in [0.25, 0.3) is 11.0 Å². The standard InChI is InChI=1S/C20H18O5/c1-2-12-20(19(23)24,13-8-4-3-5-9-13)16-17(21)14-10-6-7-11-15(14)25-18(16)22/h3-11,21H,2,12H2,1H3,(H,23,24). The van der Waals surface area contributed by atoms with Gasteiger partial charge in [-0.05, 0) is 24.1 Å². The Balaban J connectivity index is 2.44. The highest BCUT2D eigenvalue weighted by molar-refractivity contribution is 5.91. The van der Waals surface area contributed by atoms with Crippen LogP contribution in [0, 0.1) is 0 Å². The predicted octanol–water partition coefficient (Wildman–Crippen LogP) is 3.67. The zero-order valence-electron chi connectivity index (χ0n) is 13.7. The number of rotatable bonds is 5. The number of carboxylic acids is 1. The van der Waals surface area contributed by atoms with Crippen LogP contribution in [-0.4, -0.2) is 16.2 Å². The van der Waals surface area contributed by atoms with E-state index in [4.69, 9.17) is 4.42 Å². The molecule has 0 spiro atoms. The molecule has 25 heavy (non-hydrogen) atoms. The highest BCUT2D eigenvalue weighted by Crippen LogP contribution is 2.42. The predicted molar refractivity (Wildman–Crippen MR) is 93.9 cm³/mol. The Morgan fingerprint density at radius 1 is 1.08 bits per heavy atom. The van der Waals surface area contributed by atoms with Gasteiger partial charge in [-0.25, -0.2) is 4.79 Å². The van der Waals surface area contributed by atoms with Crippen LogP contribution in [0.5, 0.6) is 5.75 Å². The number of hydrogen-bond donors (Lipinski definition) is 2. The van der Waals surface area contributed by atoms with Gasteiger partial charge in [0.25, 0.3) is 0 Å².